The molecule has 0 amide bonds. The first kappa shape index (κ1) is 11.5. The minimum absolute atomic E-state index is 0.159. The Morgan fingerprint density at radius 1 is 1.50 bits per heavy atom. The van der Waals surface area contributed by atoms with E-state index < -0.39 is 0 Å². The molecule has 14 heavy (non-hydrogen) atoms. The zero-order chi connectivity index (χ0) is 10.4. The quantitative estimate of drug-likeness (QED) is 0.782. The van der Waals surface area contributed by atoms with E-state index in [4.69, 9.17) is 4.74 Å². The summed E-state index contributed by atoms with van der Waals surface area (Å²) in [4.78, 5) is 11.2. The maximum absolute atomic E-state index is 11.2. The lowest BCUT2D eigenvalue weighted by Crippen LogP contribution is -2.10. The summed E-state index contributed by atoms with van der Waals surface area (Å²) in [5, 5.41) is 0. The molecule has 1 rings (SSSR count). The lowest BCUT2D eigenvalue weighted by molar-refractivity contribution is -0.121. The molecule has 1 aromatic rings. The third-order valence-electron chi connectivity index (χ3n) is 1.72. The molecule has 0 radical (unpaired) electrons. The zero-order valence-electron chi connectivity index (χ0n) is 8.13. The maximum atomic E-state index is 11.2. The number of Topliss-reactive ketones (excluding diaryl/α,β-unsaturated/α-hetero) is 1. The third kappa shape index (κ3) is 4.09. The summed E-state index contributed by atoms with van der Waals surface area (Å²) in [5.41, 5.74) is 0. The molecule has 3 heteroatoms. The van der Waals surface area contributed by atoms with E-state index in [-0.39, 0.29) is 12.4 Å². The zero-order valence-corrected chi connectivity index (χ0v) is 10.3. The van der Waals surface area contributed by atoms with Crippen molar-refractivity contribution in [3.8, 4) is 5.75 Å². The van der Waals surface area contributed by atoms with Crippen LogP contribution in [-0.4, -0.2) is 12.4 Å². The predicted octanol–water partition coefficient (Wildman–Crippen LogP) is 3.04. The molecule has 0 aliphatic carbocycles. The number of benzene rings is 1. The molecule has 2 nitrogen and oxygen atoms in total. The van der Waals surface area contributed by atoms with Gasteiger partial charge in [0.25, 0.3) is 0 Å². The molecule has 0 heterocycles. The van der Waals surface area contributed by atoms with Crippen LogP contribution in [0.1, 0.15) is 19.8 Å². The highest BCUT2D eigenvalue weighted by atomic mass is 127. The molecule has 0 aliphatic heterocycles. The molecule has 0 atom stereocenters. The lowest BCUT2D eigenvalue weighted by Gasteiger charge is -2.04. The second kappa shape index (κ2) is 6.01. The van der Waals surface area contributed by atoms with Gasteiger partial charge in [-0.1, -0.05) is 13.0 Å². The molecule has 0 aliphatic rings. The second-order valence-corrected chi connectivity index (χ2v) is 4.28. The van der Waals surface area contributed by atoms with Crippen LogP contribution in [0.15, 0.2) is 24.3 Å². The van der Waals surface area contributed by atoms with Gasteiger partial charge in [0.05, 0.1) is 0 Å². The van der Waals surface area contributed by atoms with Crippen molar-refractivity contribution in [2.75, 3.05) is 6.61 Å². The fourth-order valence-corrected chi connectivity index (χ4v) is 1.59. The van der Waals surface area contributed by atoms with Crippen LogP contribution in [0.5, 0.6) is 5.75 Å². The van der Waals surface area contributed by atoms with Crippen molar-refractivity contribution in [1.82, 2.24) is 0 Å². The van der Waals surface area contributed by atoms with Crippen LogP contribution < -0.4 is 4.74 Å². The average Bonchev–Trinajstić information content (AvgIpc) is 2.15. The first-order valence-corrected chi connectivity index (χ1v) is 5.70. The van der Waals surface area contributed by atoms with E-state index in [1.165, 1.54) is 0 Å². The topological polar surface area (TPSA) is 26.3 Å². The molecular formula is C11H13IO2. The van der Waals surface area contributed by atoms with Gasteiger partial charge in [0.15, 0.2) is 5.78 Å². The normalized spacial score (nSPS) is 9.86. The number of ether oxygens (including phenoxy) is 1. The Hall–Kier alpha value is -0.580. The van der Waals surface area contributed by atoms with E-state index in [2.05, 4.69) is 22.6 Å². The SMILES string of the molecule is CCCC(=O)COc1cccc(I)c1. The number of hydrogen-bond donors (Lipinski definition) is 0. The predicted molar refractivity (Wildman–Crippen MR) is 64.6 cm³/mol. The van der Waals surface area contributed by atoms with Crippen LogP contribution in [0.4, 0.5) is 0 Å². The Kier molecular flexibility index (Phi) is 4.93. The molecule has 1 aromatic carbocycles. The van der Waals surface area contributed by atoms with Gasteiger partial charge in [-0.05, 0) is 47.2 Å². The van der Waals surface area contributed by atoms with Crippen molar-refractivity contribution in [3.05, 3.63) is 27.8 Å². The number of halogens is 1. The van der Waals surface area contributed by atoms with Crippen molar-refractivity contribution in [1.29, 1.82) is 0 Å². The summed E-state index contributed by atoms with van der Waals surface area (Å²) in [6.45, 7) is 2.18. The first-order chi connectivity index (χ1) is 6.72. The molecule has 0 fully saturated rings. The summed E-state index contributed by atoms with van der Waals surface area (Å²) >= 11 is 2.21. The molecule has 0 spiro atoms. The smallest absolute Gasteiger partial charge is 0.170 e. The lowest BCUT2D eigenvalue weighted by atomic mass is 10.2. The van der Waals surface area contributed by atoms with E-state index in [1.807, 2.05) is 31.2 Å². The van der Waals surface area contributed by atoms with Crippen LogP contribution in [0, 0.1) is 3.57 Å². The maximum Gasteiger partial charge on any atom is 0.170 e. The minimum atomic E-state index is 0.159. The van der Waals surface area contributed by atoms with Crippen LogP contribution >= 0.6 is 22.6 Å². The van der Waals surface area contributed by atoms with Crippen molar-refractivity contribution in [2.45, 2.75) is 19.8 Å². The Balaban J connectivity index is 2.41. The Morgan fingerprint density at radius 3 is 2.93 bits per heavy atom. The summed E-state index contributed by atoms with van der Waals surface area (Å²) < 4.78 is 6.46. The minimum Gasteiger partial charge on any atom is -0.486 e. The monoisotopic (exact) mass is 304 g/mol. The molecule has 76 valence electrons. The standard InChI is InChI=1S/C11H13IO2/c1-2-4-10(13)8-14-11-6-3-5-9(12)7-11/h3,5-7H,2,4,8H2,1H3. The highest BCUT2D eigenvalue weighted by Gasteiger charge is 2.01. The number of carbonyl (C=O) groups excluding carboxylic acids is 1. The van der Waals surface area contributed by atoms with Gasteiger partial charge >= 0.3 is 0 Å². The van der Waals surface area contributed by atoms with Crippen molar-refractivity contribution in [3.63, 3.8) is 0 Å². The highest BCUT2D eigenvalue weighted by molar-refractivity contribution is 14.1. The van der Waals surface area contributed by atoms with E-state index in [0.717, 1.165) is 15.7 Å². The van der Waals surface area contributed by atoms with E-state index in [0.29, 0.717) is 6.42 Å². The Morgan fingerprint density at radius 2 is 2.29 bits per heavy atom. The van der Waals surface area contributed by atoms with Gasteiger partial charge in [0, 0.05) is 9.99 Å². The third-order valence-corrected chi connectivity index (χ3v) is 2.40. The molecular weight excluding hydrogens is 291 g/mol. The van der Waals surface area contributed by atoms with E-state index in [1.54, 1.807) is 0 Å². The van der Waals surface area contributed by atoms with Gasteiger partial charge in [-0.15, -0.1) is 0 Å². The molecule has 0 N–H and O–H groups in total. The van der Waals surface area contributed by atoms with Crippen molar-refractivity contribution < 1.29 is 9.53 Å². The fraction of sp³-hybridized carbons (Fsp3) is 0.364. The summed E-state index contributed by atoms with van der Waals surface area (Å²) in [5.74, 6) is 0.924. The van der Waals surface area contributed by atoms with Crippen molar-refractivity contribution in [2.24, 2.45) is 0 Å². The van der Waals surface area contributed by atoms with Gasteiger partial charge in [-0.25, -0.2) is 0 Å². The summed E-state index contributed by atoms with van der Waals surface area (Å²) in [6.07, 6.45) is 1.48. The number of ketones is 1. The highest BCUT2D eigenvalue weighted by Crippen LogP contribution is 2.14. The van der Waals surface area contributed by atoms with Gasteiger partial charge in [0.1, 0.15) is 12.4 Å². The van der Waals surface area contributed by atoms with Gasteiger partial charge < -0.3 is 4.74 Å². The van der Waals surface area contributed by atoms with Crippen LogP contribution in [0.2, 0.25) is 0 Å². The van der Waals surface area contributed by atoms with E-state index in [9.17, 15) is 4.79 Å². The Bertz CT molecular complexity index is 310. The van der Waals surface area contributed by atoms with Crippen LogP contribution in [-0.2, 0) is 4.79 Å². The number of carbonyl (C=O) groups is 1. The van der Waals surface area contributed by atoms with E-state index >= 15 is 0 Å². The van der Waals surface area contributed by atoms with Crippen LogP contribution in [0.25, 0.3) is 0 Å². The summed E-state index contributed by atoms with van der Waals surface area (Å²) in [7, 11) is 0. The van der Waals surface area contributed by atoms with Crippen molar-refractivity contribution >= 4 is 28.4 Å². The molecule has 0 bridgehead atoms. The van der Waals surface area contributed by atoms with Crippen LogP contribution in [0.3, 0.4) is 0 Å². The number of rotatable bonds is 5. The molecule has 0 aromatic heterocycles. The van der Waals surface area contributed by atoms with Gasteiger partial charge in [-0.2, -0.15) is 0 Å². The Labute approximate surface area is 97.8 Å². The molecule has 0 saturated heterocycles. The summed E-state index contributed by atoms with van der Waals surface area (Å²) in [6, 6.07) is 7.68. The average molecular weight is 304 g/mol. The molecule has 0 saturated carbocycles. The first-order valence-electron chi connectivity index (χ1n) is 4.62. The van der Waals surface area contributed by atoms with Gasteiger partial charge in [-0.3, -0.25) is 4.79 Å². The fourth-order valence-electron chi connectivity index (χ4n) is 1.07. The largest absolute Gasteiger partial charge is 0.486 e. The molecule has 0 unspecified atom stereocenters. The number of hydrogen-bond acceptors (Lipinski definition) is 2. The van der Waals surface area contributed by atoms with Gasteiger partial charge in [0.2, 0.25) is 0 Å². The second-order valence-electron chi connectivity index (χ2n) is 3.03.